The summed E-state index contributed by atoms with van der Waals surface area (Å²) >= 11 is 0. The second-order valence-electron chi connectivity index (χ2n) is 7.13. The zero-order valence-electron chi connectivity index (χ0n) is 17.2. The van der Waals surface area contributed by atoms with E-state index in [1.807, 2.05) is 6.92 Å². The summed E-state index contributed by atoms with van der Waals surface area (Å²) in [7, 11) is 1.49. The number of ether oxygens (including phenoxy) is 1. The molecule has 1 atom stereocenters. The highest BCUT2D eigenvalue weighted by Gasteiger charge is 2.47. The molecular formula is C20H26N4O6. The van der Waals surface area contributed by atoms with Crippen molar-refractivity contribution >= 4 is 35.4 Å². The van der Waals surface area contributed by atoms with Crippen LogP contribution in [0, 0.1) is 0 Å². The Kier molecular flexibility index (Phi) is 7.51. The zero-order valence-corrected chi connectivity index (χ0v) is 17.2. The molecular weight excluding hydrogens is 392 g/mol. The minimum absolute atomic E-state index is 0.308. The summed E-state index contributed by atoms with van der Waals surface area (Å²) in [5.74, 6) is -2.31. The molecule has 1 aliphatic heterocycles. The quantitative estimate of drug-likeness (QED) is 0.405. The van der Waals surface area contributed by atoms with Gasteiger partial charge in [-0.2, -0.15) is 0 Å². The first kappa shape index (κ1) is 22.9. The molecule has 0 aliphatic carbocycles. The minimum Gasteiger partial charge on any atom is -0.454 e. The zero-order chi connectivity index (χ0) is 22.3. The third-order valence-electron chi connectivity index (χ3n) is 4.66. The molecule has 0 unspecified atom stereocenters. The highest BCUT2D eigenvalue weighted by Crippen LogP contribution is 2.23. The normalized spacial score (nSPS) is 18.0. The molecule has 1 aromatic rings. The first-order valence-corrected chi connectivity index (χ1v) is 9.62. The van der Waals surface area contributed by atoms with Gasteiger partial charge in [0.2, 0.25) is 0 Å². The second kappa shape index (κ2) is 9.86. The van der Waals surface area contributed by atoms with Crippen LogP contribution in [-0.2, 0) is 19.1 Å². The van der Waals surface area contributed by atoms with E-state index in [1.165, 1.54) is 13.1 Å². The van der Waals surface area contributed by atoms with Crippen LogP contribution >= 0.6 is 0 Å². The van der Waals surface area contributed by atoms with Gasteiger partial charge in [-0.1, -0.05) is 25.8 Å². The number of urea groups is 1. The maximum Gasteiger partial charge on any atom is 0.326 e. The van der Waals surface area contributed by atoms with Gasteiger partial charge in [-0.3, -0.25) is 24.1 Å². The predicted octanol–water partition coefficient (Wildman–Crippen LogP) is 1.03. The maximum absolute atomic E-state index is 12.5. The van der Waals surface area contributed by atoms with E-state index in [1.54, 1.807) is 25.1 Å². The van der Waals surface area contributed by atoms with Crippen molar-refractivity contribution in [2.24, 2.45) is 0 Å². The number of hydrogen-bond acceptors (Lipinski definition) is 6. The third-order valence-corrected chi connectivity index (χ3v) is 4.66. The number of nitrogens with one attached hydrogen (secondary N) is 3. The number of esters is 1. The van der Waals surface area contributed by atoms with Gasteiger partial charge in [0, 0.05) is 18.3 Å². The van der Waals surface area contributed by atoms with Crippen molar-refractivity contribution in [2.45, 2.75) is 38.6 Å². The molecule has 0 saturated carbocycles. The van der Waals surface area contributed by atoms with E-state index in [-0.39, 0.29) is 5.91 Å². The van der Waals surface area contributed by atoms with Gasteiger partial charge < -0.3 is 20.7 Å². The number of nitrogens with zero attached hydrogens (tertiary/aromatic N) is 1. The van der Waals surface area contributed by atoms with Gasteiger partial charge in [-0.15, -0.1) is 0 Å². The fourth-order valence-corrected chi connectivity index (χ4v) is 2.99. The number of rotatable bonds is 9. The molecule has 0 spiro atoms. The Morgan fingerprint density at radius 2 is 1.97 bits per heavy atom. The van der Waals surface area contributed by atoms with Gasteiger partial charge in [-0.25, -0.2) is 4.79 Å². The van der Waals surface area contributed by atoms with E-state index in [0.29, 0.717) is 17.7 Å². The molecule has 0 bridgehead atoms. The average molecular weight is 418 g/mol. The molecule has 10 heteroatoms. The van der Waals surface area contributed by atoms with E-state index in [0.717, 1.165) is 17.7 Å². The van der Waals surface area contributed by atoms with Crippen molar-refractivity contribution in [1.29, 1.82) is 0 Å². The van der Waals surface area contributed by atoms with Gasteiger partial charge >= 0.3 is 12.0 Å². The lowest BCUT2D eigenvalue weighted by Gasteiger charge is -2.21. The van der Waals surface area contributed by atoms with Crippen molar-refractivity contribution in [2.75, 3.05) is 25.5 Å². The van der Waals surface area contributed by atoms with Crippen molar-refractivity contribution in [3.05, 3.63) is 29.8 Å². The van der Waals surface area contributed by atoms with E-state index < -0.39 is 42.5 Å². The van der Waals surface area contributed by atoms with Crippen LogP contribution in [0.15, 0.2) is 24.3 Å². The smallest absolute Gasteiger partial charge is 0.326 e. The van der Waals surface area contributed by atoms with Crippen LogP contribution in [-0.4, -0.2) is 60.4 Å². The van der Waals surface area contributed by atoms with Crippen LogP contribution < -0.4 is 16.0 Å². The number of benzene rings is 1. The molecule has 1 aromatic carbocycles. The molecule has 1 aliphatic rings. The molecule has 1 heterocycles. The lowest BCUT2D eigenvalue weighted by molar-refractivity contribution is -0.150. The summed E-state index contributed by atoms with van der Waals surface area (Å²) in [6.45, 7) is 2.42. The van der Waals surface area contributed by atoms with Crippen LogP contribution in [0.2, 0.25) is 0 Å². The summed E-state index contributed by atoms with van der Waals surface area (Å²) in [6.07, 6.45) is 2.08. The van der Waals surface area contributed by atoms with Gasteiger partial charge in [0.15, 0.2) is 6.61 Å². The van der Waals surface area contributed by atoms with Crippen LogP contribution in [0.3, 0.4) is 0 Å². The van der Waals surface area contributed by atoms with E-state index >= 15 is 0 Å². The van der Waals surface area contributed by atoms with Gasteiger partial charge in [-0.05, 0) is 31.5 Å². The van der Waals surface area contributed by atoms with Crippen molar-refractivity contribution in [3.8, 4) is 0 Å². The molecule has 162 valence electrons. The van der Waals surface area contributed by atoms with Crippen LogP contribution in [0.4, 0.5) is 10.5 Å². The number of unbranched alkanes of at least 4 members (excludes halogenated alkanes) is 1. The Morgan fingerprint density at radius 3 is 2.63 bits per heavy atom. The molecule has 0 aromatic heterocycles. The minimum atomic E-state index is -1.04. The Bertz CT molecular complexity index is 855. The Labute approximate surface area is 174 Å². The average Bonchev–Trinajstić information content (AvgIpc) is 2.93. The fourth-order valence-electron chi connectivity index (χ4n) is 2.99. The molecule has 3 N–H and O–H groups in total. The summed E-state index contributed by atoms with van der Waals surface area (Å²) < 4.78 is 4.88. The van der Waals surface area contributed by atoms with E-state index in [4.69, 9.17) is 4.74 Å². The first-order chi connectivity index (χ1) is 14.2. The summed E-state index contributed by atoms with van der Waals surface area (Å²) in [5.41, 5.74) is -0.324. The lowest BCUT2D eigenvalue weighted by atomic mass is 9.95. The van der Waals surface area contributed by atoms with Crippen LogP contribution in [0.1, 0.15) is 43.5 Å². The van der Waals surface area contributed by atoms with Crippen molar-refractivity contribution in [3.63, 3.8) is 0 Å². The Morgan fingerprint density at radius 1 is 1.23 bits per heavy atom. The topological polar surface area (TPSA) is 134 Å². The monoisotopic (exact) mass is 418 g/mol. The standard InChI is InChI=1S/C20H26N4O6/c1-4-5-9-20(2)18(28)24(19(29)23-20)11-16(26)30-12-15(25)22-14-8-6-7-13(10-14)17(27)21-3/h6-8,10H,4-5,9,11-12H2,1-3H3,(H,21,27)(H,22,25)(H,23,29)/t20-/m1/s1. The molecule has 30 heavy (non-hydrogen) atoms. The van der Waals surface area contributed by atoms with Crippen molar-refractivity contribution < 1.29 is 28.7 Å². The SMILES string of the molecule is CCCC[C@@]1(C)NC(=O)N(CC(=O)OCC(=O)Nc2cccc(C(=O)NC)c2)C1=O. The number of carbonyl (C=O) groups is 5. The number of hydrogen-bond donors (Lipinski definition) is 3. The Hall–Kier alpha value is -3.43. The van der Waals surface area contributed by atoms with Gasteiger partial charge in [0.25, 0.3) is 17.7 Å². The number of imide groups is 1. The summed E-state index contributed by atoms with van der Waals surface area (Å²) in [4.78, 5) is 61.0. The Balaban J connectivity index is 1.86. The highest BCUT2D eigenvalue weighted by molar-refractivity contribution is 6.08. The number of anilines is 1. The largest absolute Gasteiger partial charge is 0.454 e. The number of carbonyl (C=O) groups excluding carboxylic acids is 5. The predicted molar refractivity (Wildman–Crippen MR) is 108 cm³/mol. The van der Waals surface area contributed by atoms with Crippen molar-refractivity contribution in [1.82, 2.24) is 15.5 Å². The molecule has 1 fully saturated rings. The highest BCUT2D eigenvalue weighted by atomic mass is 16.5. The summed E-state index contributed by atoms with van der Waals surface area (Å²) in [6, 6.07) is 5.57. The second-order valence-corrected chi connectivity index (χ2v) is 7.13. The molecule has 0 radical (unpaired) electrons. The van der Waals surface area contributed by atoms with Gasteiger partial charge in [0.05, 0.1) is 0 Å². The molecule has 10 nitrogen and oxygen atoms in total. The lowest BCUT2D eigenvalue weighted by Crippen LogP contribution is -2.44. The first-order valence-electron chi connectivity index (χ1n) is 9.62. The molecule has 2 rings (SSSR count). The summed E-state index contributed by atoms with van der Waals surface area (Å²) in [5, 5.41) is 7.59. The third kappa shape index (κ3) is 5.56. The van der Waals surface area contributed by atoms with Crippen LogP contribution in [0.5, 0.6) is 0 Å². The fraction of sp³-hybridized carbons (Fsp3) is 0.450. The molecule has 5 amide bonds. The van der Waals surface area contributed by atoms with E-state index in [9.17, 15) is 24.0 Å². The van der Waals surface area contributed by atoms with Crippen LogP contribution in [0.25, 0.3) is 0 Å². The maximum atomic E-state index is 12.5. The number of amides is 5. The molecule has 1 saturated heterocycles. The van der Waals surface area contributed by atoms with Gasteiger partial charge in [0.1, 0.15) is 12.1 Å². The van der Waals surface area contributed by atoms with E-state index in [2.05, 4.69) is 16.0 Å².